The molecule has 1 heterocycles. The molecule has 4 heteroatoms. The van der Waals surface area contributed by atoms with E-state index in [2.05, 4.69) is 36.3 Å². The molecule has 1 aliphatic rings. The Morgan fingerprint density at radius 1 is 1.26 bits per heavy atom. The fourth-order valence-corrected chi connectivity index (χ4v) is 2.63. The first kappa shape index (κ1) is 16.4. The highest BCUT2D eigenvalue weighted by Gasteiger charge is 2.22. The van der Waals surface area contributed by atoms with Gasteiger partial charge in [-0.15, -0.1) is 0 Å². The van der Waals surface area contributed by atoms with Crippen LogP contribution >= 0.6 is 0 Å². The van der Waals surface area contributed by atoms with Crippen LogP contribution in [-0.4, -0.2) is 49.1 Å². The van der Waals surface area contributed by atoms with Crippen LogP contribution in [0.25, 0.3) is 0 Å². The molecule has 1 fully saturated rings. The van der Waals surface area contributed by atoms with Crippen molar-refractivity contribution in [3.8, 4) is 0 Å². The average molecular weight is 269 g/mol. The number of carbonyl (C=O) groups excluding carboxylic acids is 1. The molecular formula is C15H31N3O. The normalized spacial score (nSPS) is 19.6. The molecule has 1 unspecified atom stereocenters. The van der Waals surface area contributed by atoms with Crippen molar-refractivity contribution in [3.63, 3.8) is 0 Å². The molecule has 1 atom stereocenters. The number of nitrogens with zero attached hydrogens (tertiary/aromatic N) is 1. The van der Waals surface area contributed by atoms with Gasteiger partial charge in [0.15, 0.2) is 0 Å². The highest BCUT2D eigenvalue weighted by Crippen LogP contribution is 2.12. The van der Waals surface area contributed by atoms with Crippen LogP contribution in [0.3, 0.4) is 0 Å². The van der Waals surface area contributed by atoms with Gasteiger partial charge >= 0.3 is 0 Å². The van der Waals surface area contributed by atoms with Gasteiger partial charge in [-0.3, -0.25) is 4.79 Å². The highest BCUT2D eigenvalue weighted by molar-refractivity contribution is 5.81. The third kappa shape index (κ3) is 6.39. The van der Waals surface area contributed by atoms with E-state index in [4.69, 9.17) is 0 Å². The topological polar surface area (TPSA) is 44.4 Å². The molecule has 0 aliphatic carbocycles. The molecule has 0 bridgehead atoms. The summed E-state index contributed by atoms with van der Waals surface area (Å²) in [6.07, 6.45) is 3.29. The van der Waals surface area contributed by atoms with E-state index in [1.807, 2.05) is 6.92 Å². The van der Waals surface area contributed by atoms with Gasteiger partial charge < -0.3 is 15.5 Å². The summed E-state index contributed by atoms with van der Waals surface area (Å²) in [4.78, 5) is 14.3. The summed E-state index contributed by atoms with van der Waals surface area (Å²) in [7, 11) is 0. The lowest BCUT2D eigenvalue weighted by Crippen LogP contribution is -2.50. The number of amides is 1. The molecule has 1 aliphatic heterocycles. The zero-order chi connectivity index (χ0) is 14.3. The molecule has 0 aromatic carbocycles. The molecule has 0 aromatic heterocycles. The van der Waals surface area contributed by atoms with E-state index in [-0.39, 0.29) is 11.9 Å². The van der Waals surface area contributed by atoms with Crippen LogP contribution in [0.15, 0.2) is 0 Å². The predicted octanol–water partition coefficient (Wildman–Crippen LogP) is 1.61. The highest BCUT2D eigenvalue weighted by atomic mass is 16.2. The van der Waals surface area contributed by atoms with Gasteiger partial charge in [0.1, 0.15) is 0 Å². The second-order valence-electron chi connectivity index (χ2n) is 6.15. The monoisotopic (exact) mass is 269 g/mol. The zero-order valence-corrected chi connectivity index (χ0v) is 13.0. The lowest BCUT2D eigenvalue weighted by Gasteiger charge is -2.34. The fraction of sp³-hybridized carbons (Fsp3) is 0.933. The summed E-state index contributed by atoms with van der Waals surface area (Å²) in [5.74, 6) is 0.870. The number of hydrogen-bond donors (Lipinski definition) is 2. The van der Waals surface area contributed by atoms with Gasteiger partial charge in [-0.05, 0) is 45.2 Å². The van der Waals surface area contributed by atoms with Crippen LogP contribution in [0.4, 0.5) is 0 Å². The van der Waals surface area contributed by atoms with Gasteiger partial charge in [0.2, 0.25) is 5.91 Å². The van der Waals surface area contributed by atoms with E-state index in [1.165, 1.54) is 6.54 Å². The quantitative estimate of drug-likeness (QED) is 0.738. The third-order valence-corrected chi connectivity index (χ3v) is 3.64. The Kier molecular flexibility index (Phi) is 7.39. The first-order valence-electron chi connectivity index (χ1n) is 7.79. The third-order valence-electron chi connectivity index (χ3n) is 3.64. The molecule has 4 nitrogen and oxygen atoms in total. The summed E-state index contributed by atoms with van der Waals surface area (Å²) in [6.45, 7) is 12.8. The van der Waals surface area contributed by atoms with Crippen LogP contribution in [0.1, 0.15) is 47.0 Å². The summed E-state index contributed by atoms with van der Waals surface area (Å²) in [6, 6.07) is 0.416. The van der Waals surface area contributed by atoms with Crippen molar-refractivity contribution in [1.29, 1.82) is 0 Å². The van der Waals surface area contributed by atoms with Crippen molar-refractivity contribution >= 4 is 5.91 Å². The Balaban J connectivity index is 2.22. The van der Waals surface area contributed by atoms with Gasteiger partial charge in [0.05, 0.1) is 6.04 Å². The van der Waals surface area contributed by atoms with Gasteiger partial charge in [0, 0.05) is 19.1 Å². The van der Waals surface area contributed by atoms with Crippen molar-refractivity contribution in [2.24, 2.45) is 5.92 Å². The lowest BCUT2D eigenvalue weighted by atomic mass is 10.0. The number of nitrogens with one attached hydrogen (secondary N) is 2. The van der Waals surface area contributed by atoms with Crippen LogP contribution in [0.2, 0.25) is 0 Å². The SMILES string of the molecule is CCCNC(=O)C(C)NC1CCN(CC(C)C)CC1. The summed E-state index contributed by atoms with van der Waals surface area (Å²) in [5, 5.41) is 6.41. The molecule has 0 radical (unpaired) electrons. The van der Waals surface area contributed by atoms with E-state index in [0.717, 1.165) is 44.8 Å². The van der Waals surface area contributed by atoms with E-state index in [9.17, 15) is 4.79 Å². The summed E-state index contributed by atoms with van der Waals surface area (Å²) < 4.78 is 0. The van der Waals surface area contributed by atoms with Gasteiger partial charge in [-0.1, -0.05) is 20.8 Å². The molecule has 0 spiro atoms. The van der Waals surface area contributed by atoms with Crippen LogP contribution in [-0.2, 0) is 4.79 Å². The summed E-state index contributed by atoms with van der Waals surface area (Å²) >= 11 is 0. The van der Waals surface area contributed by atoms with Crippen molar-refractivity contribution in [3.05, 3.63) is 0 Å². The van der Waals surface area contributed by atoms with E-state index in [0.29, 0.717) is 6.04 Å². The predicted molar refractivity (Wildman–Crippen MR) is 80.2 cm³/mol. The smallest absolute Gasteiger partial charge is 0.236 e. The number of hydrogen-bond acceptors (Lipinski definition) is 3. The fourth-order valence-electron chi connectivity index (χ4n) is 2.63. The van der Waals surface area contributed by atoms with Crippen LogP contribution in [0, 0.1) is 5.92 Å². The molecule has 19 heavy (non-hydrogen) atoms. The van der Waals surface area contributed by atoms with Crippen LogP contribution in [0.5, 0.6) is 0 Å². The van der Waals surface area contributed by atoms with E-state index >= 15 is 0 Å². The lowest BCUT2D eigenvalue weighted by molar-refractivity contribution is -0.123. The van der Waals surface area contributed by atoms with E-state index in [1.54, 1.807) is 0 Å². The van der Waals surface area contributed by atoms with Crippen molar-refractivity contribution in [2.75, 3.05) is 26.2 Å². The number of likely N-dealkylation sites (tertiary alicyclic amines) is 1. The molecule has 0 aromatic rings. The molecule has 0 saturated carbocycles. The molecule has 112 valence electrons. The number of rotatable bonds is 7. The van der Waals surface area contributed by atoms with Crippen molar-refractivity contribution in [2.45, 2.75) is 59.0 Å². The number of piperidine rings is 1. The Bertz CT molecular complexity index is 260. The molecular weight excluding hydrogens is 238 g/mol. The second kappa shape index (κ2) is 8.54. The molecule has 2 N–H and O–H groups in total. The Labute approximate surface area is 118 Å². The van der Waals surface area contributed by atoms with Gasteiger partial charge in [0.25, 0.3) is 0 Å². The minimum atomic E-state index is -0.0757. The minimum Gasteiger partial charge on any atom is -0.355 e. The van der Waals surface area contributed by atoms with E-state index < -0.39 is 0 Å². The van der Waals surface area contributed by atoms with Gasteiger partial charge in [-0.25, -0.2) is 0 Å². The standard InChI is InChI=1S/C15H31N3O/c1-5-8-16-15(19)13(4)17-14-6-9-18(10-7-14)11-12(2)3/h12-14,17H,5-11H2,1-4H3,(H,16,19). The molecule has 1 rings (SSSR count). The molecule has 1 amide bonds. The van der Waals surface area contributed by atoms with Crippen LogP contribution < -0.4 is 10.6 Å². The maximum atomic E-state index is 11.8. The first-order valence-corrected chi connectivity index (χ1v) is 7.79. The Morgan fingerprint density at radius 2 is 1.89 bits per heavy atom. The summed E-state index contributed by atoms with van der Waals surface area (Å²) in [5.41, 5.74) is 0. The minimum absolute atomic E-state index is 0.0757. The Hall–Kier alpha value is -0.610. The molecule has 1 saturated heterocycles. The maximum absolute atomic E-state index is 11.8. The largest absolute Gasteiger partial charge is 0.355 e. The second-order valence-corrected chi connectivity index (χ2v) is 6.15. The number of carbonyl (C=O) groups is 1. The zero-order valence-electron chi connectivity index (χ0n) is 13.0. The average Bonchev–Trinajstić information content (AvgIpc) is 2.37. The van der Waals surface area contributed by atoms with Gasteiger partial charge in [-0.2, -0.15) is 0 Å². The first-order chi connectivity index (χ1) is 9.02. The van der Waals surface area contributed by atoms with Crippen molar-refractivity contribution in [1.82, 2.24) is 15.5 Å². The van der Waals surface area contributed by atoms with Crippen molar-refractivity contribution < 1.29 is 4.79 Å². The maximum Gasteiger partial charge on any atom is 0.236 e. The Morgan fingerprint density at radius 3 is 2.42 bits per heavy atom.